The lowest BCUT2D eigenvalue weighted by Gasteiger charge is -2.34. The average molecular weight is 355 g/mol. The second-order valence-electron chi connectivity index (χ2n) is 6.34. The van der Waals surface area contributed by atoms with Crippen LogP contribution >= 0.6 is 11.6 Å². The number of nitrogens with one attached hydrogen (secondary N) is 1. The van der Waals surface area contributed by atoms with Crippen molar-refractivity contribution in [3.8, 4) is 0 Å². The Morgan fingerprint density at radius 1 is 1.16 bits per heavy atom. The van der Waals surface area contributed by atoms with Gasteiger partial charge in [-0.15, -0.1) is 0 Å². The summed E-state index contributed by atoms with van der Waals surface area (Å²) in [6, 6.07) is 11.5. The molecule has 25 heavy (non-hydrogen) atoms. The van der Waals surface area contributed by atoms with Crippen molar-refractivity contribution in [2.75, 3.05) is 26.2 Å². The number of H-pyrrole nitrogens is 1. The van der Waals surface area contributed by atoms with Crippen molar-refractivity contribution in [1.82, 2.24) is 19.8 Å². The lowest BCUT2D eigenvalue weighted by atomic mass is 10.2. The summed E-state index contributed by atoms with van der Waals surface area (Å²) in [5.74, 6) is 0.0494. The van der Waals surface area contributed by atoms with Crippen molar-refractivity contribution in [3.63, 3.8) is 0 Å². The van der Waals surface area contributed by atoms with E-state index < -0.39 is 0 Å². The third-order valence-corrected chi connectivity index (χ3v) is 4.84. The Morgan fingerprint density at radius 2 is 2.00 bits per heavy atom. The van der Waals surface area contributed by atoms with Gasteiger partial charge in [-0.1, -0.05) is 17.7 Å². The van der Waals surface area contributed by atoms with Crippen LogP contribution in [0.3, 0.4) is 0 Å². The van der Waals surface area contributed by atoms with Crippen LogP contribution in [0.25, 0.3) is 10.9 Å². The molecule has 1 N–H and O–H groups in total. The Bertz CT molecular complexity index is 885. The van der Waals surface area contributed by atoms with Crippen LogP contribution < -0.4 is 0 Å². The Kier molecular flexibility index (Phi) is 4.42. The number of carbonyl (C=O) groups is 1. The highest BCUT2D eigenvalue weighted by atomic mass is 35.5. The predicted molar refractivity (Wildman–Crippen MR) is 98.7 cm³/mol. The van der Waals surface area contributed by atoms with Crippen molar-refractivity contribution >= 4 is 28.4 Å². The Balaban J connectivity index is 1.40. The lowest BCUT2D eigenvalue weighted by molar-refractivity contribution is 0.0623. The van der Waals surface area contributed by atoms with Gasteiger partial charge in [0.2, 0.25) is 0 Å². The second kappa shape index (κ2) is 6.86. The molecule has 4 rings (SSSR count). The predicted octanol–water partition coefficient (Wildman–Crippen LogP) is 3.17. The van der Waals surface area contributed by atoms with Gasteiger partial charge < -0.3 is 9.88 Å². The minimum Gasteiger partial charge on any atom is -0.351 e. The normalized spacial score (nSPS) is 15.6. The number of carbonyl (C=O) groups excluding carboxylic acids is 1. The maximum absolute atomic E-state index is 12.8. The van der Waals surface area contributed by atoms with Crippen LogP contribution in [-0.4, -0.2) is 51.9 Å². The van der Waals surface area contributed by atoms with Crippen molar-refractivity contribution < 1.29 is 4.79 Å². The third-order valence-electron chi connectivity index (χ3n) is 4.60. The standard InChI is InChI=1S/C19H19ClN4O/c20-16-3-4-17-15(10-16)11-18(22-17)19(25)24-8-6-23(7-9-24)13-14-2-1-5-21-12-14/h1-5,10-12,22H,6-9,13H2. The van der Waals surface area contributed by atoms with E-state index in [4.69, 9.17) is 11.6 Å². The fourth-order valence-electron chi connectivity index (χ4n) is 3.25. The smallest absolute Gasteiger partial charge is 0.270 e. The summed E-state index contributed by atoms with van der Waals surface area (Å²) in [4.78, 5) is 24.4. The van der Waals surface area contributed by atoms with Crippen molar-refractivity contribution in [2.45, 2.75) is 6.54 Å². The van der Waals surface area contributed by atoms with E-state index in [0.29, 0.717) is 10.7 Å². The number of hydrogen-bond donors (Lipinski definition) is 1. The van der Waals surface area contributed by atoms with Gasteiger partial charge in [-0.05, 0) is 35.9 Å². The van der Waals surface area contributed by atoms with Gasteiger partial charge in [0, 0.05) is 61.0 Å². The molecule has 0 radical (unpaired) electrons. The van der Waals surface area contributed by atoms with Crippen molar-refractivity contribution in [1.29, 1.82) is 0 Å². The molecule has 0 spiro atoms. The van der Waals surface area contributed by atoms with Crippen molar-refractivity contribution in [2.24, 2.45) is 0 Å². The summed E-state index contributed by atoms with van der Waals surface area (Å²) < 4.78 is 0. The molecule has 5 nitrogen and oxygen atoms in total. The largest absolute Gasteiger partial charge is 0.351 e. The third kappa shape index (κ3) is 3.52. The topological polar surface area (TPSA) is 52.2 Å². The van der Waals surface area contributed by atoms with Gasteiger partial charge in [-0.25, -0.2) is 0 Å². The zero-order valence-electron chi connectivity index (χ0n) is 13.8. The number of piperazine rings is 1. The zero-order valence-corrected chi connectivity index (χ0v) is 14.5. The van der Waals surface area contributed by atoms with E-state index in [-0.39, 0.29) is 5.91 Å². The Labute approximate surface area is 151 Å². The highest BCUT2D eigenvalue weighted by molar-refractivity contribution is 6.31. The van der Waals surface area contributed by atoms with E-state index in [1.165, 1.54) is 5.56 Å². The van der Waals surface area contributed by atoms with Crippen LogP contribution in [0.5, 0.6) is 0 Å². The van der Waals surface area contributed by atoms with Gasteiger partial charge in [0.05, 0.1) is 0 Å². The van der Waals surface area contributed by atoms with E-state index in [0.717, 1.165) is 43.6 Å². The number of aromatic amines is 1. The van der Waals surface area contributed by atoms with E-state index in [1.54, 1.807) is 6.20 Å². The van der Waals surface area contributed by atoms with Gasteiger partial charge in [-0.3, -0.25) is 14.7 Å². The lowest BCUT2D eigenvalue weighted by Crippen LogP contribution is -2.48. The number of rotatable bonds is 3. The zero-order chi connectivity index (χ0) is 17.2. The van der Waals surface area contributed by atoms with Crippen LogP contribution in [0.15, 0.2) is 48.8 Å². The molecule has 0 saturated carbocycles. The number of pyridine rings is 1. The Morgan fingerprint density at radius 3 is 2.76 bits per heavy atom. The molecule has 1 aliphatic rings. The number of amides is 1. The van der Waals surface area contributed by atoms with Gasteiger partial charge in [0.25, 0.3) is 5.91 Å². The molecular formula is C19H19ClN4O. The van der Waals surface area contributed by atoms with Crippen LogP contribution in [-0.2, 0) is 6.54 Å². The summed E-state index contributed by atoms with van der Waals surface area (Å²) in [5, 5.41) is 1.64. The molecule has 6 heteroatoms. The van der Waals surface area contributed by atoms with E-state index >= 15 is 0 Å². The van der Waals surface area contributed by atoms with Crippen LogP contribution in [0.4, 0.5) is 0 Å². The van der Waals surface area contributed by atoms with Crippen LogP contribution in [0.1, 0.15) is 16.1 Å². The van der Waals surface area contributed by atoms with Gasteiger partial charge in [0.15, 0.2) is 0 Å². The van der Waals surface area contributed by atoms with Gasteiger partial charge in [-0.2, -0.15) is 0 Å². The number of halogens is 1. The summed E-state index contributed by atoms with van der Waals surface area (Å²) in [6.45, 7) is 4.07. The molecule has 3 aromatic rings. The average Bonchev–Trinajstić information content (AvgIpc) is 3.06. The number of benzene rings is 1. The van der Waals surface area contributed by atoms with E-state index in [9.17, 15) is 4.79 Å². The first-order valence-electron chi connectivity index (χ1n) is 8.38. The summed E-state index contributed by atoms with van der Waals surface area (Å²) in [6.07, 6.45) is 3.68. The van der Waals surface area contributed by atoms with Gasteiger partial charge in [0.1, 0.15) is 5.69 Å². The fourth-order valence-corrected chi connectivity index (χ4v) is 3.43. The van der Waals surface area contributed by atoms with E-state index in [2.05, 4.69) is 20.9 Å². The van der Waals surface area contributed by atoms with Gasteiger partial charge >= 0.3 is 0 Å². The molecule has 1 amide bonds. The summed E-state index contributed by atoms with van der Waals surface area (Å²) in [5.41, 5.74) is 2.76. The maximum atomic E-state index is 12.8. The number of nitrogens with zero attached hydrogens (tertiary/aromatic N) is 3. The number of hydrogen-bond acceptors (Lipinski definition) is 3. The first-order chi connectivity index (χ1) is 12.2. The molecule has 1 aliphatic heterocycles. The highest BCUT2D eigenvalue weighted by Crippen LogP contribution is 2.21. The fraction of sp³-hybridized carbons (Fsp3) is 0.263. The molecule has 0 unspecified atom stereocenters. The highest BCUT2D eigenvalue weighted by Gasteiger charge is 2.23. The molecule has 0 atom stereocenters. The minimum absolute atomic E-state index is 0.0494. The maximum Gasteiger partial charge on any atom is 0.270 e. The quantitative estimate of drug-likeness (QED) is 0.786. The SMILES string of the molecule is O=C(c1cc2cc(Cl)ccc2[nH]1)N1CCN(Cc2cccnc2)CC1. The molecule has 1 saturated heterocycles. The van der Waals surface area contributed by atoms with Crippen molar-refractivity contribution in [3.05, 3.63) is 65.1 Å². The number of aromatic nitrogens is 2. The molecule has 0 aliphatic carbocycles. The molecule has 3 heterocycles. The van der Waals surface area contributed by atoms with Crippen LogP contribution in [0, 0.1) is 0 Å². The molecular weight excluding hydrogens is 336 g/mol. The molecule has 2 aromatic heterocycles. The molecule has 128 valence electrons. The summed E-state index contributed by atoms with van der Waals surface area (Å²) >= 11 is 6.02. The van der Waals surface area contributed by atoms with E-state index in [1.807, 2.05) is 41.4 Å². The molecule has 1 aromatic carbocycles. The first-order valence-corrected chi connectivity index (χ1v) is 8.76. The molecule has 1 fully saturated rings. The second-order valence-corrected chi connectivity index (χ2v) is 6.78. The monoisotopic (exact) mass is 354 g/mol. The first kappa shape index (κ1) is 16.1. The number of fused-ring (bicyclic) bond motifs is 1. The Hall–Kier alpha value is -2.37. The molecule has 0 bridgehead atoms. The minimum atomic E-state index is 0.0494. The van der Waals surface area contributed by atoms with Crippen LogP contribution in [0.2, 0.25) is 5.02 Å². The summed E-state index contributed by atoms with van der Waals surface area (Å²) in [7, 11) is 0.